The Morgan fingerprint density at radius 2 is 2.00 bits per heavy atom. The molecule has 0 bridgehead atoms. The molecular formula is C15H28F2N2. The van der Waals surface area contributed by atoms with Crippen LogP contribution in [0.2, 0.25) is 0 Å². The van der Waals surface area contributed by atoms with Crippen molar-refractivity contribution >= 4 is 0 Å². The second-order valence-corrected chi connectivity index (χ2v) is 6.40. The summed E-state index contributed by atoms with van der Waals surface area (Å²) in [7, 11) is 0. The average Bonchev–Trinajstić information content (AvgIpc) is 2.32. The molecule has 2 aliphatic rings. The van der Waals surface area contributed by atoms with E-state index in [2.05, 4.69) is 17.1 Å². The van der Waals surface area contributed by atoms with Crippen molar-refractivity contribution in [2.45, 2.75) is 57.9 Å². The number of hydrogen-bond donors (Lipinski definition) is 1. The van der Waals surface area contributed by atoms with E-state index in [1.807, 2.05) is 0 Å². The van der Waals surface area contributed by atoms with Crippen LogP contribution in [-0.2, 0) is 0 Å². The smallest absolute Gasteiger partial charge is 0.250 e. The van der Waals surface area contributed by atoms with Crippen molar-refractivity contribution in [2.24, 2.45) is 11.8 Å². The van der Waals surface area contributed by atoms with E-state index in [9.17, 15) is 8.78 Å². The van der Waals surface area contributed by atoms with Gasteiger partial charge in [-0.3, -0.25) is 0 Å². The van der Waals surface area contributed by atoms with Crippen molar-refractivity contribution in [1.82, 2.24) is 10.2 Å². The minimum atomic E-state index is -2.23. The fraction of sp³-hybridized carbons (Fsp3) is 1.00. The van der Waals surface area contributed by atoms with Crippen molar-refractivity contribution in [3.63, 3.8) is 0 Å². The fourth-order valence-electron chi connectivity index (χ4n) is 3.51. The standard InChI is InChI=1S/C15H28F2N2/c1-2-4-13-7-14(18-8-15(16)17)11-19(10-13)9-12-5-3-6-12/h12-15,18H,2-11H2,1H3. The Kier molecular flexibility index (Phi) is 6.02. The lowest BCUT2D eigenvalue weighted by atomic mass is 9.83. The van der Waals surface area contributed by atoms with Crippen LogP contribution in [-0.4, -0.2) is 43.5 Å². The van der Waals surface area contributed by atoms with Crippen LogP contribution in [0.15, 0.2) is 0 Å². The molecule has 0 aromatic rings. The van der Waals surface area contributed by atoms with Gasteiger partial charge in [0.15, 0.2) is 0 Å². The number of alkyl halides is 2. The highest BCUT2D eigenvalue weighted by Crippen LogP contribution is 2.29. The molecule has 1 saturated heterocycles. The van der Waals surface area contributed by atoms with Gasteiger partial charge in [0.05, 0.1) is 6.54 Å². The molecule has 2 atom stereocenters. The molecule has 1 aliphatic heterocycles. The molecule has 0 radical (unpaired) electrons. The number of rotatable bonds is 7. The van der Waals surface area contributed by atoms with Gasteiger partial charge in [0.2, 0.25) is 0 Å². The van der Waals surface area contributed by atoms with E-state index in [0.717, 1.165) is 18.9 Å². The van der Waals surface area contributed by atoms with E-state index in [4.69, 9.17) is 0 Å². The Morgan fingerprint density at radius 3 is 2.58 bits per heavy atom. The van der Waals surface area contributed by atoms with Crippen LogP contribution in [0, 0.1) is 11.8 Å². The molecule has 2 nitrogen and oxygen atoms in total. The molecule has 1 heterocycles. The highest BCUT2D eigenvalue weighted by atomic mass is 19.3. The molecule has 0 amide bonds. The summed E-state index contributed by atoms with van der Waals surface area (Å²) in [6.45, 7) is 5.39. The van der Waals surface area contributed by atoms with Crippen molar-refractivity contribution in [2.75, 3.05) is 26.2 Å². The summed E-state index contributed by atoms with van der Waals surface area (Å²) in [6, 6.07) is 0.263. The van der Waals surface area contributed by atoms with Crippen molar-refractivity contribution in [3.05, 3.63) is 0 Å². The summed E-state index contributed by atoms with van der Waals surface area (Å²) in [5, 5.41) is 3.06. The van der Waals surface area contributed by atoms with Gasteiger partial charge < -0.3 is 10.2 Å². The Balaban J connectivity index is 1.80. The first-order valence-electron chi connectivity index (χ1n) is 7.91. The third kappa shape index (κ3) is 4.99. The zero-order chi connectivity index (χ0) is 13.7. The first-order chi connectivity index (χ1) is 9.17. The molecule has 0 aromatic carbocycles. The summed E-state index contributed by atoms with van der Waals surface area (Å²) in [5.74, 6) is 1.56. The van der Waals surface area contributed by atoms with Crippen LogP contribution in [0.5, 0.6) is 0 Å². The van der Waals surface area contributed by atoms with Gasteiger partial charge >= 0.3 is 0 Å². The second-order valence-electron chi connectivity index (χ2n) is 6.40. The molecule has 19 heavy (non-hydrogen) atoms. The summed E-state index contributed by atoms with van der Waals surface area (Å²) >= 11 is 0. The quantitative estimate of drug-likeness (QED) is 0.767. The van der Waals surface area contributed by atoms with Gasteiger partial charge in [-0.25, -0.2) is 8.78 Å². The number of nitrogens with one attached hydrogen (secondary N) is 1. The predicted molar refractivity (Wildman–Crippen MR) is 74.6 cm³/mol. The van der Waals surface area contributed by atoms with E-state index in [1.54, 1.807) is 0 Å². The molecular weight excluding hydrogens is 246 g/mol. The first-order valence-corrected chi connectivity index (χ1v) is 7.91. The fourth-order valence-corrected chi connectivity index (χ4v) is 3.51. The first kappa shape index (κ1) is 15.2. The van der Waals surface area contributed by atoms with Gasteiger partial charge in [-0.15, -0.1) is 0 Å². The van der Waals surface area contributed by atoms with Crippen LogP contribution in [0.1, 0.15) is 45.4 Å². The largest absolute Gasteiger partial charge is 0.307 e. The van der Waals surface area contributed by atoms with Crippen molar-refractivity contribution in [3.8, 4) is 0 Å². The summed E-state index contributed by atoms with van der Waals surface area (Å²) in [5.41, 5.74) is 0. The minimum Gasteiger partial charge on any atom is -0.307 e. The van der Waals surface area contributed by atoms with E-state index >= 15 is 0 Å². The number of piperidine rings is 1. The van der Waals surface area contributed by atoms with Crippen LogP contribution >= 0.6 is 0 Å². The molecule has 1 aliphatic carbocycles. The zero-order valence-corrected chi connectivity index (χ0v) is 12.1. The molecule has 0 aromatic heterocycles. The van der Waals surface area contributed by atoms with E-state index in [1.165, 1.54) is 45.2 Å². The van der Waals surface area contributed by atoms with Crippen LogP contribution in [0.3, 0.4) is 0 Å². The normalized spacial score (nSPS) is 29.7. The van der Waals surface area contributed by atoms with E-state index in [0.29, 0.717) is 5.92 Å². The zero-order valence-electron chi connectivity index (χ0n) is 12.1. The van der Waals surface area contributed by atoms with Crippen molar-refractivity contribution in [1.29, 1.82) is 0 Å². The van der Waals surface area contributed by atoms with Gasteiger partial charge in [0, 0.05) is 25.7 Å². The van der Waals surface area contributed by atoms with Crippen LogP contribution in [0.4, 0.5) is 8.78 Å². The lowest BCUT2D eigenvalue weighted by molar-refractivity contribution is 0.0851. The van der Waals surface area contributed by atoms with Gasteiger partial charge in [-0.2, -0.15) is 0 Å². The summed E-state index contributed by atoms with van der Waals surface area (Å²) in [4.78, 5) is 2.52. The topological polar surface area (TPSA) is 15.3 Å². The third-order valence-electron chi connectivity index (χ3n) is 4.61. The van der Waals surface area contributed by atoms with Gasteiger partial charge in [-0.1, -0.05) is 19.8 Å². The lowest BCUT2D eigenvalue weighted by Gasteiger charge is -2.41. The summed E-state index contributed by atoms with van der Waals surface area (Å²) in [6.07, 6.45) is 5.38. The minimum absolute atomic E-state index is 0.152. The molecule has 0 spiro atoms. The van der Waals surface area contributed by atoms with E-state index in [-0.39, 0.29) is 12.6 Å². The number of likely N-dealkylation sites (tertiary alicyclic amines) is 1. The molecule has 112 valence electrons. The maximum Gasteiger partial charge on any atom is 0.250 e. The van der Waals surface area contributed by atoms with E-state index < -0.39 is 6.43 Å². The number of hydrogen-bond acceptors (Lipinski definition) is 2. The summed E-state index contributed by atoms with van der Waals surface area (Å²) < 4.78 is 24.7. The van der Waals surface area contributed by atoms with Crippen LogP contribution < -0.4 is 5.32 Å². The Hall–Kier alpha value is -0.220. The lowest BCUT2D eigenvalue weighted by Crippen LogP contribution is -2.51. The number of nitrogens with zero attached hydrogens (tertiary/aromatic N) is 1. The predicted octanol–water partition coefficient (Wildman–Crippen LogP) is 3.13. The van der Waals surface area contributed by atoms with Gasteiger partial charge in [-0.05, 0) is 37.5 Å². The SMILES string of the molecule is CCCC1CC(NCC(F)F)CN(CC2CCC2)C1. The second kappa shape index (κ2) is 7.53. The third-order valence-corrected chi connectivity index (χ3v) is 4.61. The molecule has 4 heteroatoms. The van der Waals surface area contributed by atoms with Gasteiger partial charge in [0.25, 0.3) is 6.43 Å². The Bertz CT molecular complexity index is 257. The molecule has 1 N–H and O–H groups in total. The maximum absolute atomic E-state index is 12.3. The average molecular weight is 274 g/mol. The van der Waals surface area contributed by atoms with Crippen molar-refractivity contribution < 1.29 is 8.78 Å². The Labute approximate surface area is 115 Å². The molecule has 2 fully saturated rings. The molecule has 2 unspecified atom stereocenters. The molecule has 2 rings (SSSR count). The number of halogens is 2. The van der Waals surface area contributed by atoms with Gasteiger partial charge in [0.1, 0.15) is 0 Å². The highest BCUT2D eigenvalue weighted by Gasteiger charge is 2.29. The molecule has 1 saturated carbocycles. The highest BCUT2D eigenvalue weighted by molar-refractivity contribution is 4.85. The Morgan fingerprint density at radius 1 is 1.21 bits per heavy atom. The monoisotopic (exact) mass is 274 g/mol. The maximum atomic E-state index is 12.3. The van der Waals surface area contributed by atoms with Crippen LogP contribution in [0.25, 0.3) is 0 Å².